The Morgan fingerprint density at radius 3 is 2.87 bits per heavy atom. The van der Waals surface area contributed by atoms with Crippen molar-refractivity contribution in [1.29, 1.82) is 0 Å². The number of carbonyl (C=O) groups is 1. The van der Waals surface area contributed by atoms with Gasteiger partial charge in [-0.1, -0.05) is 12.1 Å². The molecule has 0 saturated heterocycles. The standard InChI is InChI=1S/C18H12N2O2S/c1-2-14-12-23-18(20-14)10-17(21)13-5-3-6-15(9-13)22-16-7-4-8-19-11-16/h1,3-9,11-12H,10H2. The van der Waals surface area contributed by atoms with Crippen LogP contribution in [0.25, 0.3) is 0 Å². The summed E-state index contributed by atoms with van der Waals surface area (Å²) in [5.41, 5.74) is 1.13. The number of Topliss-reactive ketones (excluding diaryl/α,β-unsaturated/α-hetero) is 1. The molecule has 3 aromatic rings. The van der Waals surface area contributed by atoms with Crippen molar-refractivity contribution in [2.45, 2.75) is 6.42 Å². The van der Waals surface area contributed by atoms with Gasteiger partial charge >= 0.3 is 0 Å². The first kappa shape index (κ1) is 14.9. The zero-order chi connectivity index (χ0) is 16.1. The maximum Gasteiger partial charge on any atom is 0.169 e. The van der Waals surface area contributed by atoms with Crippen molar-refractivity contribution in [2.24, 2.45) is 0 Å². The van der Waals surface area contributed by atoms with Gasteiger partial charge in [0.1, 0.15) is 22.2 Å². The number of ether oxygens (including phenoxy) is 1. The number of hydrogen-bond donors (Lipinski definition) is 0. The highest BCUT2D eigenvalue weighted by Gasteiger charge is 2.11. The minimum Gasteiger partial charge on any atom is -0.456 e. The molecule has 4 nitrogen and oxygen atoms in total. The van der Waals surface area contributed by atoms with Crippen molar-refractivity contribution in [3.05, 3.63) is 70.4 Å². The SMILES string of the molecule is C#Cc1csc(CC(=O)c2cccc(Oc3cccnc3)c2)n1. The summed E-state index contributed by atoms with van der Waals surface area (Å²) in [4.78, 5) is 20.6. The van der Waals surface area contributed by atoms with Crippen molar-refractivity contribution < 1.29 is 9.53 Å². The second kappa shape index (κ2) is 6.86. The number of nitrogens with zero attached hydrogens (tertiary/aromatic N) is 2. The van der Waals surface area contributed by atoms with Gasteiger partial charge in [-0.3, -0.25) is 9.78 Å². The number of hydrogen-bond acceptors (Lipinski definition) is 5. The lowest BCUT2D eigenvalue weighted by Gasteiger charge is -2.06. The van der Waals surface area contributed by atoms with E-state index in [1.807, 2.05) is 0 Å². The van der Waals surface area contributed by atoms with Gasteiger partial charge in [0.25, 0.3) is 0 Å². The number of terminal acetylenes is 1. The average Bonchev–Trinajstić information content (AvgIpc) is 3.03. The van der Waals surface area contributed by atoms with Gasteiger partial charge in [-0.15, -0.1) is 17.8 Å². The van der Waals surface area contributed by atoms with E-state index >= 15 is 0 Å². The van der Waals surface area contributed by atoms with E-state index in [0.29, 0.717) is 27.8 Å². The quantitative estimate of drug-likeness (QED) is 0.531. The summed E-state index contributed by atoms with van der Waals surface area (Å²) in [6.45, 7) is 0. The smallest absolute Gasteiger partial charge is 0.169 e. The number of benzene rings is 1. The highest BCUT2D eigenvalue weighted by atomic mass is 32.1. The van der Waals surface area contributed by atoms with Gasteiger partial charge in [-0.2, -0.15) is 0 Å². The van der Waals surface area contributed by atoms with Crippen LogP contribution < -0.4 is 4.74 Å². The van der Waals surface area contributed by atoms with E-state index in [2.05, 4.69) is 15.9 Å². The van der Waals surface area contributed by atoms with Crippen molar-refractivity contribution >= 4 is 17.1 Å². The molecular weight excluding hydrogens is 308 g/mol. The van der Waals surface area contributed by atoms with E-state index in [9.17, 15) is 4.79 Å². The summed E-state index contributed by atoms with van der Waals surface area (Å²) in [5, 5.41) is 2.48. The number of thiazole rings is 1. The zero-order valence-corrected chi connectivity index (χ0v) is 12.9. The summed E-state index contributed by atoms with van der Waals surface area (Å²) in [5.74, 6) is 3.64. The molecule has 0 spiro atoms. The first-order valence-corrected chi connectivity index (χ1v) is 7.75. The van der Waals surface area contributed by atoms with Gasteiger partial charge in [-0.05, 0) is 30.2 Å². The summed E-state index contributed by atoms with van der Waals surface area (Å²) in [7, 11) is 0. The van der Waals surface area contributed by atoms with Gasteiger partial charge in [0.2, 0.25) is 0 Å². The third-order valence-electron chi connectivity index (χ3n) is 3.04. The van der Waals surface area contributed by atoms with Gasteiger partial charge in [0, 0.05) is 17.1 Å². The molecule has 0 fully saturated rings. The van der Waals surface area contributed by atoms with Crippen molar-refractivity contribution in [3.63, 3.8) is 0 Å². The lowest BCUT2D eigenvalue weighted by Crippen LogP contribution is -2.03. The fourth-order valence-electron chi connectivity index (χ4n) is 1.97. The van der Waals surface area contributed by atoms with Gasteiger partial charge in [0.15, 0.2) is 5.78 Å². The van der Waals surface area contributed by atoms with Crippen LogP contribution in [-0.2, 0) is 6.42 Å². The first-order valence-electron chi connectivity index (χ1n) is 6.87. The maximum absolute atomic E-state index is 12.4. The summed E-state index contributed by atoms with van der Waals surface area (Å²) < 4.78 is 5.69. The number of pyridine rings is 1. The minimum atomic E-state index is -0.0282. The molecule has 0 amide bonds. The van der Waals surface area contributed by atoms with Gasteiger partial charge in [-0.25, -0.2) is 4.98 Å². The highest BCUT2D eigenvalue weighted by Crippen LogP contribution is 2.22. The van der Waals surface area contributed by atoms with Crippen LogP contribution >= 0.6 is 11.3 Å². The lowest BCUT2D eigenvalue weighted by atomic mass is 10.1. The van der Waals surface area contributed by atoms with E-state index in [1.54, 1.807) is 54.2 Å². The molecular formula is C18H12N2O2S. The lowest BCUT2D eigenvalue weighted by molar-refractivity contribution is 0.0992. The summed E-state index contributed by atoms with van der Waals surface area (Å²) >= 11 is 1.39. The second-order valence-electron chi connectivity index (χ2n) is 4.69. The number of carbonyl (C=O) groups excluding carboxylic acids is 1. The molecule has 112 valence electrons. The molecule has 0 aliphatic rings. The Morgan fingerprint density at radius 1 is 1.26 bits per heavy atom. The Hall–Kier alpha value is -2.97. The zero-order valence-electron chi connectivity index (χ0n) is 12.1. The van der Waals surface area contributed by atoms with Gasteiger partial charge in [0.05, 0.1) is 12.6 Å². The van der Waals surface area contributed by atoms with Crippen LogP contribution in [0.2, 0.25) is 0 Å². The maximum atomic E-state index is 12.4. The summed E-state index contributed by atoms with van der Waals surface area (Å²) in [6.07, 6.45) is 8.80. The Balaban J connectivity index is 1.74. The molecule has 0 bridgehead atoms. The highest BCUT2D eigenvalue weighted by molar-refractivity contribution is 7.09. The Bertz CT molecular complexity index is 866. The van der Waals surface area contributed by atoms with E-state index in [4.69, 9.17) is 11.2 Å². The van der Waals surface area contributed by atoms with Crippen LogP contribution in [0.5, 0.6) is 11.5 Å². The number of rotatable bonds is 5. The van der Waals surface area contributed by atoms with E-state index < -0.39 is 0 Å². The van der Waals surface area contributed by atoms with E-state index in [1.165, 1.54) is 11.3 Å². The molecule has 2 aromatic heterocycles. The average molecular weight is 320 g/mol. The second-order valence-corrected chi connectivity index (χ2v) is 5.63. The topological polar surface area (TPSA) is 52.1 Å². The minimum absolute atomic E-state index is 0.0282. The first-order chi connectivity index (χ1) is 11.2. The predicted molar refractivity (Wildman–Crippen MR) is 88.8 cm³/mol. The van der Waals surface area contributed by atoms with Crippen molar-refractivity contribution in [1.82, 2.24) is 9.97 Å². The molecule has 5 heteroatoms. The molecule has 3 rings (SSSR count). The molecule has 0 radical (unpaired) electrons. The normalized spacial score (nSPS) is 10.0. The molecule has 23 heavy (non-hydrogen) atoms. The van der Waals surface area contributed by atoms with Crippen LogP contribution in [0.1, 0.15) is 21.1 Å². The van der Waals surface area contributed by atoms with Crippen LogP contribution in [0.4, 0.5) is 0 Å². The molecule has 2 heterocycles. The Morgan fingerprint density at radius 2 is 2.13 bits per heavy atom. The number of aromatic nitrogens is 2. The van der Waals surface area contributed by atoms with Gasteiger partial charge < -0.3 is 4.74 Å². The molecule has 0 unspecified atom stereocenters. The van der Waals surface area contributed by atoms with Crippen LogP contribution in [0, 0.1) is 12.3 Å². The molecule has 0 atom stereocenters. The third kappa shape index (κ3) is 3.82. The Kier molecular flexibility index (Phi) is 4.46. The van der Waals surface area contributed by atoms with E-state index in [-0.39, 0.29) is 12.2 Å². The fourth-order valence-corrected chi connectivity index (χ4v) is 2.71. The van der Waals surface area contributed by atoms with E-state index in [0.717, 1.165) is 0 Å². The molecule has 0 aliphatic heterocycles. The number of ketones is 1. The fraction of sp³-hybridized carbons (Fsp3) is 0.0556. The Labute approximate surface area is 137 Å². The van der Waals surface area contributed by atoms with Crippen LogP contribution in [-0.4, -0.2) is 15.8 Å². The van der Waals surface area contributed by atoms with Crippen molar-refractivity contribution in [2.75, 3.05) is 0 Å². The van der Waals surface area contributed by atoms with Crippen LogP contribution in [0.15, 0.2) is 54.2 Å². The van der Waals surface area contributed by atoms with Crippen LogP contribution in [0.3, 0.4) is 0 Å². The summed E-state index contributed by atoms with van der Waals surface area (Å²) in [6, 6.07) is 10.6. The monoisotopic (exact) mass is 320 g/mol. The molecule has 0 aliphatic carbocycles. The van der Waals surface area contributed by atoms with Crippen molar-refractivity contribution in [3.8, 4) is 23.8 Å². The third-order valence-corrected chi connectivity index (χ3v) is 3.89. The molecule has 1 aromatic carbocycles. The molecule has 0 saturated carbocycles. The molecule has 0 N–H and O–H groups in total. The largest absolute Gasteiger partial charge is 0.456 e. The predicted octanol–water partition coefficient (Wildman–Crippen LogP) is 3.74.